The predicted molar refractivity (Wildman–Crippen MR) is 129 cm³/mol. The third kappa shape index (κ3) is 4.89. The van der Waals surface area contributed by atoms with Gasteiger partial charge in [0.15, 0.2) is 11.5 Å². The Morgan fingerprint density at radius 3 is 2.64 bits per heavy atom. The van der Waals surface area contributed by atoms with Gasteiger partial charge in [-0.3, -0.25) is 9.38 Å². The quantitative estimate of drug-likeness (QED) is 0.431. The summed E-state index contributed by atoms with van der Waals surface area (Å²) < 4.78 is 30.9. The van der Waals surface area contributed by atoms with Crippen molar-refractivity contribution in [3.05, 3.63) is 83.1 Å². The summed E-state index contributed by atoms with van der Waals surface area (Å²) in [5.41, 5.74) is 6.04. The maximum atomic E-state index is 13.2. The zero-order chi connectivity index (χ0) is 23.6. The van der Waals surface area contributed by atoms with Crippen molar-refractivity contribution in [3.8, 4) is 0 Å². The monoisotopic (exact) mass is 464 g/mol. The molecule has 9 heteroatoms. The Balaban J connectivity index is 1.51. The third-order valence-electron chi connectivity index (χ3n) is 5.87. The molecule has 0 spiro atoms. The maximum Gasteiger partial charge on any atom is 0.244 e. The van der Waals surface area contributed by atoms with E-state index in [1.807, 2.05) is 40.7 Å². The minimum Gasteiger partial charge on any atom is -0.366 e. The van der Waals surface area contributed by atoms with Crippen molar-refractivity contribution in [3.63, 3.8) is 0 Å². The molecule has 33 heavy (non-hydrogen) atoms. The van der Waals surface area contributed by atoms with E-state index in [-0.39, 0.29) is 4.90 Å². The molecule has 0 aliphatic rings. The fourth-order valence-electron chi connectivity index (χ4n) is 3.88. The lowest BCUT2D eigenvalue weighted by molar-refractivity contribution is 0.580. The number of fused-ring (bicyclic) bond motifs is 1. The lowest BCUT2D eigenvalue weighted by Crippen LogP contribution is -2.29. The first-order valence-corrected chi connectivity index (χ1v) is 12.2. The first kappa shape index (κ1) is 22.9. The van der Waals surface area contributed by atoms with Crippen LogP contribution < -0.4 is 9.62 Å². The van der Waals surface area contributed by atoms with Gasteiger partial charge in [0.05, 0.1) is 12.2 Å². The molecule has 1 N–H and O–H groups in total. The summed E-state index contributed by atoms with van der Waals surface area (Å²) in [7, 11) is -1.93. The molecule has 0 radical (unpaired) electrons. The Hall–Kier alpha value is -3.30. The Morgan fingerprint density at radius 1 is 1.03 bits per heavy atom. The van der Waals surface area contributed by atoms with Gasteiger partial charge in [0.2, 0.25) is 10.0 Å². The van der Waals surface area contributed by atoms with Crippen LogP contribution in [-0.4, -0.2) is 41.6 Å². The number of aromatic nitrogens is 4. The maximum absolute atomic E-state index is 13.2. The number of nitrogens with one attached hydrogen (secondary N) is 1. The molecule has 8 nitrogen and oxygen atoms in total. The van der Waals surface area contributed by atoms with E-state index in [2.05, 4.69) is 52.8 Å². The molecule has 0 amide bonds. The van der Waals surface area contributed by atoms with Crippen molar-refractivity contribution >= 4 is 21.4 Å². The smallest absolute Gasteiger partial charge is 0.244 e. The highest BCUT2D eigenvalue weighted by atomic mass is 32.2. The van der Waals surface area contributed by atoms with Crippen LogP contribution in [0.5, 0.6) is 0 Å². The fraction of sp³-hybridized carbons (Fsp3) is 0.292. The first-order valence-electron chi connectivity index (χ1n) is 10.8. The van der Waals surface area contributed by atoms with E-state index >= 15 is 0 Å². The first-order chi connectivity index (χ1) is 15.8. The number of hydrogen-bond donors (Lipinski definition) is 1. The minimum atomic E-state index is -3.76. The van der Waals surface area contributed by atoms with Gasteiger partial charge >= 0.3 is 0 Å². The van der Waals surface area contributed by atoms with E-state index in [0.29, 0.717) is 31.0 Å². The van der Waals surface area contributed by atoms with Crippen LogP contribution in [0.2, 0.25) is 0 Å². The van der Waals surface area contributed by atoms with Crippen LogP contribution >= 0.6 is 0 Å². The molecular weight excluding hydrogens is 436 g/mol. The summed E-state index contributed by atoms with van der Waals surface area (Å²) in [5.74, 6) is 0.714. The second-order valence-corrected chi connectivity index (χ2v) is 9.99. The van der Waals surface area contributed by atoms with Crippen LogP contribution in [0.3, 0.4) is 0 Å². The van der Waals surface area contributed by atoms with E-state index in [0.717, 1.165) is 11.2 Å². The molecule has 0 unspecified atom stereocenters. The number of aryl methyl sites for hydroxylation is 3. The van der Waals surface area contributed by atoms with Crippen molar-refractivity contribution in [1.82, 2.24) is 24.3 Å². The Morgan fingerprint density at radius 2 is 1.82 bits per heavy atom. The van der Waals surface area contributed by atoms with E-state index in [4.69, 9.17) is 0 Å². The predicted octanol–water partition coefficient (Wildman–Crippen LogP) is 3.21. The SMILES string of the molecule is Cc1cc(C)c(CCNS(=O)(=O)c2cnccc2N(C)Cc2nnc3ccccn23)cc1C. The summed E-state index contributed by atoms with van der Waals surface area (Å²) in [6.07, 6.45) is 5.48. The number of sulfonamides is 1. The van der Waals surface area contributed by atoms with Gasteiger partial charge in [0, 0.05) is 32.2 Å². The average molecular weight is 465 g/mol. The molecule has 4 aromatic rings. The Bertz CT molecular complexity index is 1400. The molecule has 0 saturated heterocycles. The molecule has 0 bridgehead atoms. The highest BCUT2D eigenvalue weighted by Crippen LogP contribution is 2.24. The Labute approximate surface area is 194 Å². The van der Waals surface area contributed by atoms with E-state index in [9.17, 15) is 8.42 Å². The summed E-state index contributed by atoms with van der Waals surface area (Å²) in [4.78, 5) is 6.04. The van der Waals surface area contributed by atoms with Crippen LogP contribution in [0.25, 0.3) is 5.65 Å². The van der Waals surface area contributed by atoms with Gasteiger partial charge < -0.3 is 4.90 Å². The molecule has 0 aliphatic heterocycles. The lowest BCUT2D eigenvalue weighted by Gasteiger charge is -2.21. The second-order valence-electron chi connectivity index (χ2n) is 8.26. The van der Waals surface area contributed by atoms with Gasteiger partial charge in [-0.1, -0.05) is 18.2 Å². The summed E-state index contributed by atoms with van der Waals surface area (Å²) >= 11 is 0. The van der Waals surface area contributed by atoms with E-state index < -0.39 is 10.0 Å². The fourth-order valence-corrected chi connectivity index (χ4v) is 5.10. The highest BCUT2D eigenvalue weighted by Gasteiger charge is 2.22. The van der Waals surface area contributed by atoms with Crippen LogP contribution in [0.1, 0.15) is 28.1 Å². The van der Waals surface area contributed by atoms with Crippen molar-refractivity contribution in [1.29, 1.82) is 0 Å². The zero-order valence-corrected chi connectivity index (χ0v) is 20.1. The van der Waals surface area contributed by atoms with Gasteiger partial charge in [-0.15, -0.1) is 10.2 Å². The number of hydrogen-bond acceptors (Lipinski definition) is 6. The summed E-state index contributed by atoms with van der Waals surface area (Å²) in [6.45, 7) is 6.90. The molecule has 3 heterocycles. The molecule has 0 saturated carbocycles. The molecule has 3 aromatic heterocycles. The van der Waals surface area contributed by atoms with Crippen molar-refractivity contribution in [2.45, 2.75) is 38.6 Å². The topological polar surface area (TPSA) is 92.5 Å². The number of nitrogens with zero attached hydrogens (tertiary/aromatic N) is 5. The van der Waals surface area contributed by atoms with Crippen LogP contribution in [-0.2, 0) is 23.0 Å². The van der Waals surface area contributed by atoms with Crippen LogP contribution in [0.4, 0.5) is 5.69 Å². The number of rotatable bonds is 8. The molecule has 0 fully saturated rings. The number of anilines is 1. The van der Waals surface area contributed by atoms with Gasteiger partial charge in [0.1, 0.15) is 4.90 Å². The van der Waals surface area contributed by atoms with Crippen LogP contribution in [0, 0.1) is 20.8 Å². The van der Waals surface area contributed by atoms with Crippen molar-refractivity contribution in [2.75, 3.05) is 18.5 Å². The average Bonchev–Trinajstić information content (AvgIpc) is 3.20. The summed E-state index contributed by atoms with van der Waals surface area (Å²) in [5, 5.41) is 8.42. The van der Waals surface area contributed by atoms with Crippen molar-refractivity contribution in [2.24, 2.45) is 0 Å². The zero-order valence-electron chi connectivity index (χ0n) is 19.3. The minimum absolute atomic E-state index is 0.137. The standard InChI is InChI=1S/C24H28N6O2S/c1-17-13-19(3)20(14-18(17)2)8-11-26-33(31,32)22-15-25-10-9-21(22)29(4)16-24-28-27-23-7-5-6-12-30(23)24/h5-7,9-10,12-15,26H,8,11,16H2,1-4H3. The van der Waals surface area contributed by atoms with E-state index in [1.54, 1.807) is 12.3 Å². The molecule has 0 aliphatic carbocycles. The van der Waals surface area contributed by atoms with Gasteiger partial charge in [-0.2, -0.15) is 0 Å². The third-order valence-corrected chi connectivity index (χ3v) is 7.34. The molecule has 0 atom stereocenters. The second kappa shape index (κ2) is 9.29. The van der Waals surface area contributed by atoms with Gasteiger partial charge in [-0.05, 0) is 67.6 Å². The highest BCUT2D eigenvalue weighted by molar-refractivity contribution is 7.89. The van der Waals surface area contributed by atoms with Gasteiger partial charge in [-0.25, -0.2) is 13.1 Å². The molecule has 4 rings (SSSR count). The molecule has 172 valence electrons. The Kier molecular flexibility index (Phi) is 6.44. The van der Waals surface area contributed by atoms with Gasteiger partial charge in [0.25, 0.3) is 0 Å². The number of pyridine rings is 2. The van der Waals surface area contributed by atoms with Crippen LogP contribution in [0.15, 0.2) is 59.9 Å². The largest absolute Gasteiger partial charge is 0.366 e. The van der Waals surface area contributed by atoms with Crippen molar-refractivity contribution < 1.29 is 8.42 Å². The number of benzene rings is 1. The molecule has 1 aromatic carbocycles. The normalized spacial score (nSPS) is 11.8. The summed E-state index contributed by atoms with van der Waals surface area (Å²) in [6, 6.07) is 11.7. The molecular formula is C24H28N6O2S. The van der Waals surface area contributed by atoms with E-state index in [1.165, 1.54) is 22.9 Å². The lowest BCUT2D eigenvalue weighted by atomic mass is 9.99.